The fraction of sp³-hybridized carbons (Fsp3) is 0.231. The highest BCUT2D eigenvalue weighted by Crippen LogP contribution is 2.34. The number of aromatic carboxylic acids is 1. The van der Waals surface area contributed by atoms with Gasteiger partial charge in [0.2, 0.25) is 0 Å². The van der Waals surface area contributed by atoms with Crippen molar-refractivity contribution in [2.45, 2.75) is 13.0 Å². The third-order valence-electron chi connectivity index (χ3n) is 2.73. The normalized spacial score (nSPS) is 17.9. The summed E-state index contributed by atoms with van der Waals surface area (Å²) in [6.45, 7) is 5.60. The van der Waals surface area contributed by atoms with E-state index in [-0.39, 0.29) is 11.5 Å². The molecule has 0 fully saturated rings. The van der Waals surface area contributed by atoms with E-state index in [1.807, 2.05) is 0 Å². The van der Waals surface area contributed by atoms with Gasteiger partial charge in [-0.05, 0) is 25.1 Å². The van der Waals surface area contributed by atoms with Crippen molar-refractivity contribution in [3.63, 3.8) is 0 Å². The molecule has 0 saturated carbocycles. The van der Waals surface area contributed by atoms with E-state index in [0.29, 0.717) is 18.0 Å². The second kappa shape index (κ2) is 4.52. The first-order valence-corrected chi connectivity index (χ1v) is 5.51. The van der Waals surface area contributed by atoms with Crippen LogP contribution in [0.2, 0.25) is 0 Å². The van der Waals surface area contributed by atoms with Crippen LogP contribution in [0.25, 0.3) is 0 Å². The Bertz CT molecular complexity index is 524. The van der Waals surface area contributed by atoms with Crippen LogP contribution in [0.5, 0.6) is 5.75 Å². The van der Waals surface area contributed by atoms with Gasteiger partial charge in [0.1, 0.15) is 5.75 Å². The molecule has 1 aromatic rings. The van der Waals surface area contributed by atoms with Gasteiger partial charge in [-0.2, -0.15) is 0 Å². The summed E-state index contributed by atoms with van der Waals surface area (Å²) in [5.41, 5.74) is 0.705. The highest BCUT2D eigenvalue weighted by atomic mass is 16.5. The van der Waals surface area contributed by atoms with Gasteiger partial charge in [0.05, 0.1) is 11.3 Å². The Balaban J connectivity index is 2.48. The van der Waals surface area contributed by atoms with Crippen molar-refractivity contribution in [3.8, 4) is 5.75 Å². The maximum Gasteiger partial charge on any atom is 0.335 e. The summed E-state index contributed by atoms with van der Waals surface area (Å²) in [7, 11) is 0. The van der Waals surface area contributed by atoms with E-state index in [0.717, 1.165) is 0 Å². The van der Waals surface area contributed by atoms with Gasteiger partial charge in [-0.25, -0.2) is 4.79 Å². The summed E-state index contributed by atoms with van der Waals surface area (Å²) >= 11 is 0. The predicted octanol–water partition coefficient (Wildman–Crippen LogP) is 1.68. The number of nitrogens with zero attached hydrogens (tertiary/aromatic N) is 1. The number of hydrogen-bond donors (Lipinski definition) is 1. The number of carboxylic acid groups (broad SMARTS) is 1. The smallest absolute Gasteiger partial charge is 0.335 e. The number of carboxylic acids is 1. The predicted molar refractivity (Wildman–Crippen MR) is 66.0 cm³/mol. The molecule has 2 rings (SSSR count). The number of ether oxygens (including phenoxy) is 1. The van der Waals surface area contributed by atoms with Gasteiger partial charge >= 0.3 is 5.97 Å². The van der Waals surface area contributed by atoms with E-state index >= 15 is 0 Å². The Kier molecular flexibility index (Phi) is 3.06. The molecule has 1 N–H and O–H groups in total. The minimum absolute atomic E-state index is 0.133. The number of benzene rings is 1. The topological polar surface area (TPSA) is 66.8 Å². The van der Waals surface area contributed by atoms with Crippen LogP contribution in [-0.4, -0.2) is 29.6 Å². The van der Waals surface area contributed by atoms with E-state index < -0.39 is 12.1 Å². The Hall–Kier alpha value is -2.30. The molecule has 1 amide bonds. The molecule has 1 aromatic carbocycles. The van der Waals surface area contributed by atoms with Crippen LogP contribution < -0.4 is 9.64 Å². The third-order valence-corrected chi connectivity index (χ3v) is 2.73. The SMILES string of the molecule is C=CCN1C(=O)C(C)Oc2cc(C(=O)O)ccc21. The molecule has 5 nitrogen and oxygen atoms in total. The largest absolute Gasteiger partial charge is 0.479 e. The van der Waals surface area contributed by atoms with Crippen molar-refractivity contribution in [2.75, 3.05) is 11.4 Å². The van der Waals surface area contributed by atoms with E-state index in [1.54, 1.807) is 19.1 Å². The first-order valence-electron chi connectivity index (χ1n) is 5.51. The quantitative estimate of drug-likeness (QED) is 0.825. The van der Waals surface area contributed by atoms with E-state index in [4.69, 9.17) is 9.84 Å². The minimum Gasteiger partial charge on any atom is -0.479 e. The Labute approximate surface area is 104 Å². The van der Waals surface area contributed by atoms with Gasteiger partial charge in [0.25, 0.3) is 5.91 Å². The second-order valence-electron chi connectivity index (χ2n) is 3.99. The van der Waals surface area contributed by atoms with Crippen molar-refractivity contribution in [1.29, 1.82) is 0 Å². The number of carbonyl (C=O) groups is 2. The number of rotatable bonds is 3. The van der Waals surface area contributed by atoms with Gasteiger partial charge in [-0.15, -0.1) is 6.58 Å². The zero-order valence-electron chi connectivity index (χ0n) is 9.92. The molecular weight excluding hydrogens is 234 g/mol. The maximum atomic E-state index is 11.9. The van der Waals surface area contributed by atoms with Crippen LogP contribution in [0.1, 0.15) is 17.3 Å². The van der Waals surface area contributed by atoms with Crippen LogP contribution >= 0.6 is 0 Å². The average Bonchev–Trinajstić information content (AvgIpc) is 2.34. The summed E-state index contributed by atoms with van der Waals surface area (Å²) < 4.78 is 5.42. The summed E-state index contributed by atoms with van der Waals surface area (Å²) in [5.74, 6) is -0.782. The number of amides is 1. The summed E-state index contributed by atoms with van der Waals surface area (Å²) in [5, 5.41) is 8.92. The minimum atomic E-state index is -1.03. The average molecular weight is 247 g/mol. The Morgan fingerprint density at radius 3 is 2.94 bits per heavy atom. The molecule has 0 aliphatic carbocycles. The van der Waals surface area contributed by atoms with Crippen molar-refractivity contribution in [2.24, 2.45) is 0 Å². The molecule has 1 unspecified atom stereocenters. The van der Waals surface area contributed by atoms with Gasteiger partial charge in [0.15, 0.2) is 6.10 Å². The Morgan fingerprint density at radius 1 is 1.61 bits per heavy atom. The van der Waals surface area contributed by atoms with E-state index in [9.17, 15) is 9.59 Å². The lowest BCUT2D eigenvalue weighted by molar-refractivity contribution is -0.125. The zero-order valence-corrected chi connectivity index (χ0v) is 9.92. The number of hydrogen-bond acceptors (Lipinski definition) is 3. The van der Waals surface area contributed by atoms with Crippen molar-refractivity contribution in [3.05, 3.63) is 36.4 Å². The molecule has 5 heteroatoms. The van der Waals surface area contributed by atoms with Crippen LogP contribution in [0.3, 0.4) is 0 Å². The molecule has 1 atom stereocenters. The number of fused-ring (bicyclic) bond motifs is 1. The molecule has 94 valence electrons. The van der Waals surface area contributed by atoms with Crippen molar-refractivity contribution in [1.82, 2.24) is 0 Å². The van der Waals surface area contributed by atoms with Gasteiger partial charge < -0.3 is 14.7 Å². The highest BCUT2D eigenvalue weighted by Gasteiger charge is 2.31. The van der Waals surface area contributed by atoms with E-state index in [2.05, 4.69) is 6.58 Å². The van der Waals surface area contributed by atoms with Crippen LogP contribution in [0.4, 0.5) is 5.69 Å². The first kappa shape index (κ1) is 12.2. The van der Waals surface area contributed by atoms with Crippen molar-refractivity contribution < 1.29 is 19.4 Å². The molecule has 1 aliphatic rings. The van der Waals surface area contributed by atoms with E-state index in [1.165, 1.54) is 17.0 Å². The molecule has 0 bridgehead atoms. The third kappa shape index (κ3) is 1.95. The molecule has 18 heavy (non-hydrogen) atoms. The van der Waals surface area contributed by atoms with Gasteiger partial charge in [-0.3, -0.25) is 4.79 Å². The zero-order chi connectivity index (χ0) is 13.3. The first-order chi connectivity index (χ1) is 8.54. The summed E-state index contributed by atoms with van der Waals surface area (Å²) in [6.07, 6.45) is 0.992. The molecular formula is C13H13NO4. The fourth-order valence-corrected chi connectivity index (χ4v) is 1.86. The highest BCUT2D eigenvalue weighted by molar-refractivity contribution is 6.01. The lowest BCUT2D eigenvalue weighted by Gasteiger charge is -2.32. The second-order valence-corrected chi connectivity index (χ2v) is 3.99. The molecule has 1 aliphatic heterocycles. The summed E-state index contributed by atoms with van der Waals surface area (Å²) in [6, 6.07) is 4.45. The molecule has 0 saturated heterocycles. The molecule has 0 radical (unpaired) electrons. The standard InChI is InChI=1S/C13H13NO4/c1-3-6-14-10-5-4-9(13(16)17)7-11(10)18-8(2)12(14)15/h3-5,7-8H,1,6H2,2H3,(H,16,17). The summed E-state index contributed by atoms with van der Waals surface area (Å²) in [4.78, 5) is 24.4. The van der Waals surface area contributed by atoms with Crippen LogP contribution in [-0.2, 0) is 4.79 Å². The monoisotopic (exact) mass is 247 g/mol. The van der Waals surface area contributed by atoms with Crippen LogP contribution in [0, 0.1) is 0 Å². The molecule has 0 aromatic heterocycles. The Morgan fingerprint density at radius 2 is 2.33 bits per heavy atom. The van der Waals surface area contributed by atoms with Gasteiger partial charge in [0, 0.05) is 6.54 Å². The van der Waals surface area contributed by atoms with Crippen LogP contribution in [0.15, 0.2) is 30.9 Å². The maximum absolute atomic E-state index is 11.9. The lowest BCUT2D eigenvalue weighted by atomic mass is 10.1. The fourth-order valence-electron chi connectivity index (χ4n) is 1.86. The van der Waals surface area contributed by atoms with Crippen molar-refractivity contribution >= 4 is 17.6 Å². The molecule has 1 heterocycles. The lowest BCUT2D eigenvalue weighted by Crippen LogP contribution is -2.44. The number of carbonyl (C=O) groups excluding carboxylic acids is 1. The molecule has 0 spiro atoms. The number of anilines is 1. The van der Waals surface area contributed by atoms with Gasteiger partial charge in [-0.1, -0.05) is 6.08 Å².